The molecule has 0 aliphatic heterocycles. The number of hydrogen-bond donors (Lipinski definition) is 4. The Morgan fingerprint density at radius 2 is 1.02 bits per heavy atom. The summed E-state index contributed by atoms with van der Waals surface area (Å²) in [5.41, 5.74) is 4.03. The van der Waals surface area contributed by atoms with E-state index in [4.69, 9.17) is 0 Å². The molecule has 3 aromatic rings. The van der Waals surface area contributed by atoms with Crippen molar-refractivity contribution in [3.05, 3.63) is 131 Å². The molecule has 0 bridgehead atoms. The predicted molar refractivity (Wildman–Crippen MR) is 175 cm³/mol. The van der Waals surface area contributed by atoms with Crippen molar-refractivity contribution in [3.63, 3.8) is 0 Å². The first-order chi connectivity index (χ1) is 21.1. The monoisotopic (exact) mass is 594 g/mol. The Morgan fingerprint density at radius 3 is 1.34 bits per heavy atom. The number of nitrogens with zero attached hydrogens (tertiary/aromatic N) is 2. The average Bonchev–Trinajstić information content (AvgIpc) is 2.99. The van der Waals surface area contributed by atoms with Crippen LogP contribution in [0.3, 0.4) is 0 Å². The van der Waals surface area contributed by atoms with E-state index in [0.717, 1.165) is 34.9 Å². The normalized spacial score (nSPS) is 12.9. The Hall–Kier alpha value is -4.98. The summed E-state index contributed by atoms with van der Waals surface area (Å²) < 4.78 is 0. The third-order valence-corrected chi connectivity index (χ3v) is 6.37. The highest BCUT2D eigenvalue weighted by molar-refractivity contribution is 6.04. The van der Waals surface area contributed by atoms with Gasteiger partial charge in [-0.15, -0.1) is 0 Å². The van der Waals surface area contributed by atoms with E-state index in [9.17, 15) is 19.8 Å². The maximum atomic E-state index is 12.7. The predicted octanol–water partition coefficient (Wildman–Crippen LogP) is 6.85. The fraction of sp³-hybridized carbons (Fsp3) is 0.278. The van der Waals surface area contributed by atoms with Crippen LogP contribution in [0, 0.1) is 11.8 Å². The molecule has 0 fully saturated rings. The van der Waals surface area contributed by atoms with E-state index in [1.54, 1.807) is 36.7 Å². The smallest absolute Gasteiger partial charge is 0.184 e. The zero-order valence-corrected chi connectivity index (χ0v) is 25.8. The van der Waals surface area contributed by atoms with Gasteiger partial charge in [0.2, 0.25) is 0 Å². The number of allylic oxidation sites excluding steroid dienone is 6. The molecule has 230 valence electrons. The molecule has 0 aliphatic carbocycles. The minimum absolute atomic E-state index is 0.203. The Bertz CT molecular complexity index is 1380. The molecule has 2 heterocycles. The number of carbonyl (C=O) groups excluding carboxylic acids is 2. The number of nitrogens with one attached hydrogen (secondary N) is 2. The number of pyridine rings is 2. The molecule has 2 aromatic heterocycles. The van der Waals surface area contributed by atoms with Crippen LogP contribution in [0.25, 0.3) is 11.5 Å². The maximum absolute atomic E-state index is 12.7. The summed E-state index contributed by atoms with van der Waals surface area (Å²) in [4.78, 5) is 34.1. The van der Waals surface area contributed by atoms with Crippen LogP contribution in [0.2, 0.25) is 0 Å². The summed E-state index contributed by atoms with van der Waals surface area (Å²) in [6, 6.07) is 17.6. The van der Waals surface area contributed by atoms with Crippen LogP contribution in [0.5, 0.6) is 0 Å². The first-order valence-electron chi connectivity index (χ1n) is 14.8. The van der Waals surface area contributed by atoms with Crippen molar-refractivity contribution in [1.29, 1.82) is 0 Å². The van der Waals surface area contributed by atoms with Gasteiger partial charge in [-0.1, -0.05) is 64.1 Å². The SMILES string of the molecule is CC(C)C/C(=C/C(=O)/C=C(\O)c1ccc(/C(O)=C/C(=O)/C=C(/CC(C)C)NCc2ccccn2)cc1)NCc1ccccn1. The van der Waals surface area contributed by atoms with Crippen molar-refractivity contribution >= 4 is 23.1 Å². The van der Waals surface area contributed by atoms with Crippen LogP contribution in [-0.2, 0) is 22.7 Å². The van der Waals surface area contributed by atoms with Gasteiger partial charge in [0, 0.05) is 59.2 Å². The molecule has 0 spiro atoms. The molecule has 0 atom stereocenters. The zero-order chi connectivity index (χ0) is 31.9. The minimum Gasteiger partial charge on any atom is -0.507 e. The van der Waals surface area contributed by atoms with Crippen molar-refractivity contribution < 1.29 is 19.8 Å². The Kier molecular flexibility index (Phi) is 13.1. The van der Waals surface area contributed by atoms with Crippen molar-refractivity contribution in [2.45, 2.75) is 53.6 Å². The summed E-state index contributed by atoms with van der Waals surface area (Å²) in [6.45, 7) is 9.23. The molecule has 8 nitrogen and oxygen atoms in total. The van der Waals surface area contributed by atoms with Crippen LogP contribution in [-0.4, -0.2) is 31.7 Å². The van der Waals surface area contributed by atoms with E-state index in [2.05, 4.69) is 48.3 Å². The van der Waals surface area contributed by atoms with Gasteiger partial charge >= 0.3 is 0 Å². The number of hydrogen-bond acceptors (Lipinski definition) is 8. The topological polar surface area (TPSA) is 124 Å². The quantitative estimate of drug-likeness (QED) is 0.105. The number of aliphatic hydroxyl groups is 2. The van der Waals surface area contributed by atoms with E-state index >= 15 is 0 Å². The summed E-state index contributed by atoms with van der Waals surface area (Å²) >= 11 is 0. The lowest BCUT2D eigenvalue weighted by molar-refractivity contribution is -0.111. The van der Waals surface area contributed by atoms with E-state index in [1.807, 2.05) is 36.4 Å². The third-order valence-electron chi connectivity index (χ3n) is 6.37. The fourth-order valence-electron chi connectivity index (χ4n) is 4.33. The molecule has 4 N–H and O–H groups in total. The van der Waals surface area contributed by atoms with Gasteiger partial charge < -0.3 is 20.8 Å². The second-order valence-electron chi connectivity index (χ2n) is 11.3. The highest BCUT2D eigenvalue weighted by Crippen LogP contribution is 2.18. The molecule has 1 aromatic carbocycles. The molecule has 44 heavy (non-hydrogen) atoms. The maximum Gasteiger partial charge on any atom is 0.184 e. The van der Waals surface area contributed by atoms with E-state index in [-0.39, 0.29) is 23.1 Å². The van der Waals surface area contributed by atoms with Crippen molar-refractivity contribution in [2.75, 3.05) is 0 Å². The third kappa shape index (κ3) is 12.1. The van der Waals surface area contributed by atoms with E-state index in [1.165, 1.54) is 12.2 Å². The zero-order valence-electron chi connectivity index (χ0n) is 25.8. The van der Waals surface area contributed by atoms with Gasteiger partial charge in [-0.2, -0.15) is 0 Å². The molecule has 0 saturated carbocycles. The van der Waals surface area contributed by atoms with E-state index < -0.39 is 0 Å². The van der Waals surface area contributed by atoms with Gasteiger partial charge in [0.1, 0.15) is 11.5 Å². The van der Waals surface area contributed by atoms with Crippen molar-refractivity contribution in [1.82, 2.24) is 20.6 Å². The van der Waals surface area contributed by atoms with Gasteiger partial charge in [0.25, 0.3) is 0 Å². The number of ketones is 2. The van der Waals surface area contributed by atoms with Crippen molar-refractivity contribution in [2.24, 2.45) is 11.8 Å². The number of carbonyl (C=O) groups is 2. The van der Waals surface area contributed by atoms with Crippen LogP contribution in [0.1, 0.15) is 63.1 Å². The molecule has 0 aliphatic rings. The Morgan fingerprint density at radius 1 is 0.636 bits per heavy atom. The Balaban J connectivity index is 1.67. The molecule has 0 unspecified atom stereocenters. The first kappa shape index (κ1) is 33.5. The molecule has 0 amide bonds. The molecular weight excluding hydrogens is 552 g/mol. The molecule has 0 saturated heterocycles. The largest absolute Gasteiger partial charge is 0.507 e. The van der Waals surface area contributed by atoms with Crippen LogP contribution >= 0.6 is 0 Å². The molecule has 3 rings (SSSR count). The second kappa shape index (κ2) is 17.2. The highest BCUT2D eigenvalue weighted by atomic mass is 16.3. The summed E-state index contributed by atoms with van der Waals surface area (Å²) in [6.07, 6.45) is 10.1. The standard InChI is InChI=1S/C36H42N4O4/c1-25(2)17-31(39-23-29-9-5-7-15-37-29)19-33(41)21-35(43)27-11-13-28(14-12-27)36(44)22-34(42)20-32(18-26(3)4)40-24-30-10-6-8-16-38-30/h5-16,19-22,25-26,39-40,43-44H,17-18,23-24H2,1-4H3/b31-19-,32-20-,35-21-,36-22-. The first-order valence-corrected chi connectivity index (χ1v) is 14.8. The summed E-state index contributed by atoms with van der Waals surface area (Å²) in [7, 11) is 0. The Labute approximate surface area is 260 Å². The van der Waals surface area contributed by atoms with Gasteiger partial charge in [-0.3, -0.25) is 19.6 Å². The number of rotatable bonds is 16. The van der Waals surface area contributed by atoms with Crippen LogP contribution < -0.4 is 10.6 Å². The minimum atomic E-state index is -0.357. The van der Waals surface area contributed by atoms with E-state index in [0.29, 0.717) is 48.9 Å². The van der Waals surface area contributed by atoms with Crippen LogP contribution in [0.4, 0.5) is 0 Å². The van der Waals surface area contributed by atoms with Gasteiger partial charge in [0.15, 0.2) is 11.6 Å². The van der Waals surface area contributed by atoms with Gasteiger partial charge in [-0.05, 0) is 48.9 Å². The number of benzene rings is 1. The molecule has 0 radical (unpaired) electrons. The molecule has 8 heteroatoms. The summed E-state index contributed by atoms with van der Waals surface area (Å²) in [5.74, 6) is -0.474. The number of aliphatic hydroxyl groups excluding tert-OH is 2. The van der Waals surface area contributed by atoms with Gasteiger partial charge in [0.05, 0.1) is 24.5 Å². The number of aromatic nitrogens is 2. The highest BCUT2D eigenvalue weighted by Gasteiger charge is 2.09. The summed E-state index contributed by atoms with van der Waals surface area (Å²) in [5, 5.41) is 27.8. The fourth-order valence-corrected chi connectivity index (χ4v) is 4.33. The lowest BCUT2D eigenvalue weighted by atomic mass is 10.0. The molecular formula is C36H42N4O4. The van der Waals surface area contributed by atoms with Crippen LogP contribution in [0.15, 0.2) is 109 Å². The lowest BCUT2D eigenvalue weighted by Gasteiger charge is -2.13. The average molecular weight is 595 g/mol. The van der Waals surface area contributed by atoms with Crippen molar-refractivity contribution in [3.8, 4) is 0 Å². The van der Waals surface area contributed by atoms with Gasteiger partial charge in [-0.25, -0.2) is 0 Å². The second-order valence-corrected chi connectivity index (χ2v) is 11.3. The lowest BCUT2D eigenvalue weighted by Crippen LogP contribution is -2.16.